The number of amides is 1. The lowest BCUT2D eigenvalue weighted by atomic mass is 10.1. The van der Waals surface area contributed by atoms with E-state index in [0.29, 0.717) is 12.4 Å². The van der Waals surface area contributed by atoms with Gasteiger partial charge in [0.2, 0.25) is 11.7 Å². The van der Waals surface area contributed by atoms with E-state index < -0.39 is 0 Å². The van der Waals surface area contributed by atoms with Gasteiger partial charge in [-0.1, -0.05) is 59.7 Å². The molecule has 0 aliphatic rings. The molecule has 0 spiro atoms. The van der Waals surface area contributed by atoms with E-state index in [-0.39, 0.29) is 12.5 Å². The van der Waals surface area contributed by atoms with Crippen LogP contribution in [0.15, 0.2) is 48.5 Å². The molecule has 1 amide bonds. The number of carbonyl (C=O) groups excluding carboxylic acids is 1. The zero-order valence-corrected chi connectivity index (χ0v) is 13.7. The number of hydrogen-bond donors (Lipinski definition) is 1. The molecule has 3 aromatic rings. The van der Waals surface area contributed by atoms with E-state index in [0.717, 1.165) is 11.1 Å². The fourth-order valence-electron chi connectivity index (χ4n) is 2.22. The molecule has 0 saturated heterocycles. The second-order valence-electron chi connectivity index (χ2n) is 5.77. The highest BCUT2D eigenvalue weighted by Crippen LogP contribution is 2.13. The number of tetrazole rings is 1. The number of aromatic nitrogens is 4. The average molecular weight is 321 g/mol. The van der Waals surface area contributed by atoms with Gasteiger partial charge in [-0.25, -0.2) is 0 Å². The van der Waals surface area contributed by atoms with Crippen molar-refractivity contribution >= 4 is 5.91 Å². The molecule has 1 heterocycles. The second kappa shape index (κ2) is 7.04. The summed E-state index contributed by atoms with van der Waals surface area (Å²) >= 11 is 0. The van der Waals surface area contributed by atoms with Crippen molar-refractivity contribution in [1.29, 1.82) is 0 Å². The van der Waals surface area contributed by atoms with Gasteiger partial charge in [-0.2, -0.15) is 4.80 Å². The van der Waals surface area contributed by atoms with Crippen molar-refractivity contribution in [3.05, 3.63) is 65.2 Å². The molecule has 2 aromatic carbocycles. The van der Waals surface area contributed by atoms with Crippen LogP contribution in [-0.4, -0.2) is 26.1 Å². The van der Waals surface area contributed by atoms with Gasteiger partial charge in [0.25, 0.3) is 0 Å². The average Bonchev–Trinajstić information content (AvgIpc) is 3.03. The Labute approximate surface area is 140 Å². The fourth-order valence-corrected chi connectivity index (χ4v) is 2.22. The minimum absolute atomic E-state index is 0.0464. The standard InChI is InChI=1S/C18H19N5O/c1-13-3-7-15(8-4-13)11-19-17(24)12-23-21-18(20-22-23)16-9-5-14(2)6-10-16/h3-10H,11-12H2,1-2H3,(H,19,24). The van der Waals surface area contributed by atoms with Crippen LogP contribution in [0.2, 0.25) is 0 Å². The summed E-state index contributed by atoms with van der Waals surface area (Å²) in [6, 6.07) is 15.9. The first-order valence-electron chi connectivity index (χ1n) is 7.77. The zero-order valence-electron chi connectivity index (χ0n) is 13.7. The lowest BCUT2D eigenvalue weighted by Gasteiger charge is -2.05. The number of hydrogen-bond acceptors (Lipinski definition) is 4. The molecule has 24 heavy (non-hydrogen) atoms. The van der Waals surface area contributed by atoms with Gasteiger partial charge in [-0.3, -0.25) is 4.79 Å². The lowest BCUT2D eigenvalue weighted by molar-refractivity contribution is -0.122. The van der Waals surface area contributed by atoms with Crippen molar-refractivity contribution < 1.29 is 4.79 Å². The van der Waals surface area contributed by atoms with Gasteiger partial charge < -0.3 is 5.32 Å². The third kappa shape index (κ3) is 4.04. The number of nitrogens with zero attached hydrogens (tertiary/aromatic N) is 4. The van der Waals surface area contributed by atoms with Crippen molar-refractivity contribution in [2.45, 2.75) is 26.9 Å². The quantitative estimate of drug-likeness (QED) is 0.782. The number of rotatable bonds is 5. The van der Waals surface area contributed by atoms with E-state index in [9.17, 15) is 4.79 Å². The first kappa shape index (κ1) is 15.9. The molecule has 122 valence electrons. The Kier molecular flexibility index (Phi) is 4.65. The Morgan fingerprint density at radius 1 is 1.00 bits per heavy atom. The number of benzene rings is 2. The molecule has 0 aliphatic carbocycles. The maximum absolute atomic E-state index is 12.0. The van der Waals surface area contributed by atoms with Gasteiger partial charge in [-0.05, 0) is 24.6 Å². The number of aryl methyl sites for hydroxylation is 2. The van der Waals surface area contributed by atoms with Crippen LogP contribution in [0.4, 0.5) is 0 Å². The van der Waals surface area contributed by atoms with Crippen LogP contribution in [0.3, 0.4) is 0 Å². The summed E-state index contributed by atoms with van der Waals surface area (Å²) in [4.78, 5) is 13.3. The largest absolute Gasteiger partial charge is 0.350 e. The third-order valence-electron chi connectivity index (χ3n) is 3.66. The summed E-state index contributed by atoms with van der Waals surface area (Å²) in [6.07, 6.45) is 0. The highest BCUT2D eigenvalue weighted by Gasteiger charge is 2.09. The highest BCUT2D eigenvalue weighted by atomic mass is 16.2. The van der Waals surface area contributed by atoms with Gasteiger partial charge in [0.05, 0.1) is 0 Å². The summed E-state index contributed by atoms with van der Waals surface area (Å²) in [5.74, 6) is 0.366. The lowest BCUT2D eigenvalue weighted by Crippen LogP contribution is -2.28. The first-order valence-corrected chi connectivity index (χ1v) is 7.77. The van der Waals surface area contributed by atoms with E-state index in [4.69, 9.17) is 0 Å². The summed E-state index contributed by atoms with van der Waals surface area (Å²) in [6.45, 7) is 4.58. The van der Waals surface area contributed by atoms with Crippen molar-refractivity contribution in [1.82, 2.24) is 25.5 Å². The van der Waals surface area contributed by atoms with E-state index >= 15 is 0 Å². The Bertz CT molecular complexity index is 821. The van der Waals surface area contributed by atoms with Gasteiger partial charge in [0.1, 0.15) is 6.54 Å². The van der Waals surface area contributed by atoms with Crippen molar-refractivity contribution in [3.8, 4) is 11.4 Å². The number of carbonyl (C=O) groups is 1. The topological polar surface area (TPSA) is 72.7 Å². The second-order valence-corrected chi connectivity index (χ2v) is 5.77. The van der Waals surface area contributed by atoms with Crippen LogP contribution in [0.5, 0.6) is 0 Å². The summed E-state index contributed by atoms with van der Waals surface area (Å²) < 4.78 is 0. The van der Waals surface area contributed by atoms with Crippen LogP contribution in [0.25, 0.3) is 11.4 Å². The van der Waals surface area contributed by atoms with Crippen molar-refractivity contribution in [2.24, 2.45) is 0 Å². The molecule has 0 bridgehead atoms. The predicted molar refractivity (Wildman–Crippen MR) is 91.0 cm³/mol. The summed E-state index contributed by atoms with van der Waals surface area (Å²) in [5, 5.41) is 15.0. The van der Waals surface area contributed by atoms with Crippen molar-refractivity contribution in [2.75, 3.05) is 0 Å². The molecule has 6 heteroatoms. The highest BCUT2D eigenvalue weighted by molar-refractivity contribution is 5.75. The molecule has 0 unspecified atom stereocenters. The normalized spacial score (nSPS) is 10.6. The van der Waals surface area contributed by atoms with Crippen LogP contribution in [0.1, 0.15) is 16.7 Å². The van der Waals surface area contributed by atoms with E-state index in [1.165, 1.54) is 15.9 Å². The number of nitrogens with one attached hydrogen (secondary N) is 1. The zero-order chi connectivity index (χ0) is 16.9. The molecule has 1 N–H and O–H groups in total. The molecule has 0 radical (unpaired) electrons. The Morgan fingerprint density at radius 2 is 1.62 bits per heavy atom. The Morgan fingerprint density at radius 3 is 2.29 bits per heavy atom. The predicted octanol–water partition coefficient (Wildman–Crippen LogP) is 2.27. The van der Waals surface area contributed by atoms with Crippen molar-refractivity contribution in [3.63, 3.8) is 0 Å². The Hall–Kier alpha value is -3.02. The molecule has 0 fully saturated rings. The SMILES string of the molecule is Cc1ccc(CNC(=O)Cn2nnc(-c3ccc(C)cc3)n2)cc1. The maximum Gasteiger partial charge on any atom is 0.243 e. The van der Waals surface area contributed by atoms with Gasteiger partial charge >= 0.3 is 0 Å². The monoisotopic (exact) mass is 321 g/mol. The van der Waals surface area contributed by atoms with E-state index in [2.05, 4.69) is 20.7 Å². The molecular formula is C18H19N5O. The molecule has 6 nitrogen and oxygen atoms in total. The third-order valence-corrected chi connectivity index (χ3v) is 3.66. The van der Waals surface area contributed by atoms with Gasteiger partial charge in [0, 0.05) is 12.1 Å². The van der Waals surface area contributed by atoms with E-state index in [1.54, 1.807) is 0 Å². The Balaban J connectivity index is 1.57. The van der Waals surface area contributed by atoms with Crippen LogP contribution >= 0.6 is 0 Å². The summed E-state index contributed by atoms with van der Waals surface area (Å²) in [7, 11) is 0. The van der Waals surface area contributed by atoms with Gasteiger partial charge in [0.15, 0.2) is 0 Å². The van der Waals surface area contributed by atoms with Gasteiger partial charge in [-0.15, -0.1) is 10.2 Å². The first-order chi connectivity index (χ1) is 11.6. The minimum atomic E-state index is -0.150. The van der Waals surface area contributed by atoms with Crippen LogP contribution < -0.4 is 5.32 Å². The molecule has 0 atom stereocenters. The maximum atomic E-state index is 12.0. The molecule has 3 rings (SSSR count). The minimum Gasteiger partial charge on any atom is -0.350 e. The van der Waals surface area contributed by atoms with Crippen LogP contribution in [0, 0.1) is 13.8 Å². The smallest absolute Gasteiger partial charge is 0.243 e. The summed E-state index contributed by atoms with van der Waals surface area (Å²) in [5.41, 5.74) is 4.30. The van der Waals surface area contributed by atoms with E-state index in [1.807, 2.05) is 62.4 Å². The fraction of sp³-hybridized carbons (Fsp3) is 0.222. The molecular weight excluding hydrogens is 302 g/mol. The molecule has 0 aliphatic heterocycles. The van der Waals surface area contributed by atoms with Crippen LogP contribution in [-0.2, 0) is 17.9 Å². The molecule has 1 aromatic heterocycles. The molecule has 0 saturated carbocycles.